The maximum Gasteiger partial charge on any atom is 0.356 e. The molecule has 1 aromatic heterocycles. The van der Waals surface area contributed by atoms with E-state index in [0.717, 1.165) is 0 Å². The van der Waals surface area contributed by atoms with Gasteiger partial charge in [-0.25, -0.2) is 4.79 Å². The molecule has 0 N–H and O–H groups in total. The molecule has 0 radical (unpaired) electrons. The lowest BCUT2D eigenvalue weighted by Gasteiger charge is -2.04. The summed E-state index contributed by atoms with van der Waals surface area (Å²) in [5.74, 6) is -0.784. The zero-order valence-electron chi connectivity index (χ0n) is 7.83. The van der Waals surface area contributed by atoms with Crippen LogP contribution in [0.1, 0.15) is 29.7 Å². The highest BCUT2D eigenvalue weighted by Crippen LogP contribution is 2.14. The van der Waals surface area contributed by atoms with Crippen LogP contribution in [-0.2, 0) is 4.74 Å². The number of hydrogen-bond donors (Lipinski definition) is 0. The van der Waals surface area contributed by atoms with Crippen molar-refractivity contribution < 1.29 is 18.3 Å². The molecule has 0 unspecified atom stereocenters. The highest BCUT2D eigenvalue weighted by Gasteiger charge is 2.20. The quantitative estimate of drug-likeness (QED) is 0.704. The summed E-state index contributed by atoms with van der Waals surface area (Å²) in [6.45, 7) is 0.449. The number of aromatic nitrogens is 2. The Bertz CT molecular complexity index is 336. The van der Waals surface area contributed by atoms with E-state index in [0.29, 0.717) is 10.4 Å². The third-order valence-electron chi connectivity index (χ3n) is 1.53. The number of aryl methyl sites for hydroxylation is 1. The number of alkyl halides is 2. The second-order valence-electron chi connectivity index (χ2n) is 2.61. The van der Waals surface area contributed by atoms with Crippen LogP contribution in [0.5, 0.6) is 0 Å². The number of nitrogens with zero attached hydrogens (tertiary/aromatic N) is 2. The van der Waals surface area contributed by atoms with Gasteiger partial charge in [0, 0.05) is 0 Å². The highest BCUT2D eigenvalue weighted by atomic mass is 19.3. The minimum atomic E-state index is -2.83. The summed E-state index contributed by atoms with van der Waals surface area (Å²) in [4.78, 5) is 11.2. The van der Waals surface area contributed by atoms with Gasteiger partial charge < -0.3 is 4.74 Å². The van der Waals surface area contributed by atoms with Crippen LogP contribution in [0.2, 0.25) is 0 Å². The van der Waals surface area contributed by atoms with Crippen molar-refractivity contribution in [2.75, 3.05) is 6.61 Å². The fourth-order valence-electron chi connectivity index (χ4n) is 1.02. The maximum atomic E-state index is 12.3. The number of carbonyl (C=O) groups excluding carboxylic acids is 1. The van der Waals surface area contributed by atoms with Crippen LogP contribution in [0.3, 0.4) is 0 Å². The first-order valence-corrected chi connectivity index (χ1v) is 4.07. The Morgan fingerprint density at radius 2 is 2.36 bits per heavy atom. The first-order chi connectivity index (χ1) is 6.56. The molecule has 0 aromatic carbocycles. The van der Waals surface area contributed by atoms with Crippen molar-refractivity contribution in [3.05, 3.63) is 17.5 Å². The fraction of sp³-hybridized carbons (Fsp3) is 0.500. The van der Waals surface area contributed by atoms with Gasteiger partial charge in [0.05, 0.1) is 12.3 Å². The van der Waals surface area contributed by atoms with E-state index in [2.05, 4.69) is 9.84 Å². The summed E-state index contributed by atoms with van der Waals surface area (Å²) in [7, 11) is 0. The zero-order chi connectivity index (χ0) is 10.7. The molecule has 0 spiro atoms. The first-order valence-electron chi connectivity index (χ1n) is 4.07. The molecule has 0 aliphatic carbocycles. The van der Waals surface area contributed by atoms with Crippen molar-refractivity contribution in [2.45, 2.75) is 20.4 Å². The summed E-state index contributed by atoms with van der Waals surface area (Å²) < 4.78 is 29.6. The molecule has 1 heterocycles. The van der Waals surface area contributed by atoms with E-state index in [-0.39, 0.29) is 12.3 Å². The topological polar surface area (TPSA) is 44.1 Å². The van der Waals surface area contributed by atoms with Crippen molar-refractivity contribution in [3.8, 4) is 0 Å². The largest absolute Gasteiger partial charge is 0.461 e. The normalized spacial score (nSPS) is 10.6. The third kappa shape index (κ3) is 2.07. The van der Waals surface area contributed by atoms with Crippen molar-refractivity contribution in [2.24, 2.45) is 0 Å². The van der Waals surface area contributed by atoms with Crippen molar-refractivity contribution in [1.29, 1.82) is 0 Å². The monoisotopic (exact) mass is 204 g/mol. The molecule has 14 heavy (non-hydrogen) atoms. The van der Waals surface area contributed by atoms with Crippen molar-refractivity contribution in [1.82, 2.24) is 9.78 Å². The number of carbonyl (C=O) groups is 1. The van der Waals surface area contributed by atoms with Crippen LogP contribution in [0.15, 0.2) is 6.07 Å². The van der Waals surface area contributed by atoms with Crippen molar-refractivity contribution >= 4 is 5.97 Å². The Kier molecular flexibility index (Phi) is 3.16. The number of ether oxygens (including phenoxy) is 1. The van der Waals surface area contributed by atoms with Gasteiger partial charge in [-0.1, -0.05) is 0 Å². The third-order valence-corrected chi connectivity index (χ3v) is 1.53. The summed E-state index contributed by atoms with van der Waals surface area (Å²) in [5, 5.41) is 3.48. The van der Waals surface area contributed by atoms with E-state index in [1.165, 1.54) is 13.0 Å². The minimum Gasteiger partial charge on any atom is -0.461 e. The minimum absolute atomic E-state index is 0.145. The number of esters is 1. The number of hydrogen-bond acceptors (Lipinski definition) is 3. The molecule has 0 saturated heterocycles. The molecule has 1 rings (SSSR count). The predicted octanol–water partition coefficient (Wildman–Crippen LogP) is 1.76. The van der Waals surface area contributed by atoms with Crippen LogP contribution in [0.25, 0.3) is 0 Å². The summed E-state index contributed by atoms with van der Waals surface area (Å²) in [6, 6.07) is 1.27. The van der Waals surface area contributed by atoms with E-state index in [1.807, 2.05) is 0 Å². The van der Waals surface area contributed by atoms with Gasteiger partial charge in [-0.05, 0) is 19.9 Å². The average molecular weight is 204 g/mol. The molecule has 0 fully saturated rings. The molecular weight excluding hydrogens is 194 g/mol. The second-order valence-corrected chi connectivity index (χ2v) is 2.61. The second kappa shape index (κ2) is 4.17. The van der Waals surface area contributed by atoms with Gasteiger partial charge in [0.2, 0.25) is 0 Å². The van der Waals surface area contributed by atoms with E-state index in [1.54, 1.807) is 6.92 Å². The highest BCUT2D eigenvalue weighted by molar-refractivity contribution is 5.87. The van der Waals surface area contributed by atoms with E-state index >= 15 is 0 Å². The van der Waals surface area contributed by atoms with Crippen LogP contribution >= 0.6 is 0 Å². The summed E-state index contributed by atoms with van der Waals surface area (Å²) in [6.07, 6.45) is 0. The van der Waals surface area contributed by atoms with Gasteiger partial charge in [0.1, 0.15) is 0 Å². The lowest BCUT2D eigenvalue weighted by atomic mass is 10.4. The molecular formula is C8H10F2N2O2. The summed E-state index contributed by atoms with van der Waals surface area (Å²) in [5.41, 5.74) is 0.132. The average Bonchev–Trinajstić information content (AvgIpc) is 2.48. The Hall–Kier alpha value is -1.46. The molecule has 4 nitrogen and oxygen atoms in total. The number of halogens is 2. The standard InChI is InChI=1S/C8H10F2N2O2/c1-3-14-7(13)6-4-5(2)11-12(6)8(9)10/h4,8H,3H2,1-2H3. The molecule has 0 atom stereocenters. The van der Waals surface area contributed by atoms with Crippen LogP contribution < -0.4 is 0 Å². The van der Waals surface area contributed by atoms with Gasteiger partial charge in [0.15, 0.2) is 5.69 Å². The molecule has 0 bridgehead atoms. The van der Waals surface area contributed by atoms with Crippen molar-refractivity contribution in [3.63, 3.8) is 0 Å². The fourth-order valence-corrected chi connectivity index (χ4v) is 1.02. The molecule has 0 aliphatic rings. The van der Waals surface area contributed by atoms with Gasteiger partial charge in [-0.15, -0.1) is 0 Å². The van der Waals surface area contributed by atoms with Crippen LogP contribution in [-0.4, -0.2) is 22.4 Å². The number of rotatable bonds is 3. The van der Waals surface area contributed by atoms with E-state index in [4.69, 9.17) is 0 Å². The molecule has 0 amide bonds. The molecule has 6 heteroatoms. The lowest BCUT2D eigenvalue weighted by Crippen LogP contribution is -2.13. The smallest absolute Gasteiger partial charge is 0.356 e. The molecule has 1 aromatic rings. The molecule has 78 valence electrons. The Morgan fingerprint density at radius 3 is 2.86 bits per heavy atom. The van der Waals surface area contributed by atoms with E-state index in [9.17, 15) is 13.6 Å². The SMILES string of the molecule is CCOC(=O)c1cc(C)nn1C(F)F. The zero-order valence-corrected chi connectivity index (χ0v) is 7.83. The lowest BCUT2D eigenvalue weighted by molar-refractivity contribution is 0.0355. The van der Waals surface area contributed by atoms with Gasteiger partial charge in [-0.3, -0.25) is 0 Å². The Morgan fingerprint density at radius 1 is 1.71 bits per heavy atom. The van der Waals surface area contributed by atoms with Crippen LogP contribution in [0.4, 0.5) is 8.78 Å². The Balaban J connectivity index is 3.00. The maximum absolute atomic E-state index is 12.3. The van der Waals surface area contributed by atoms with Gasteiger partial charge in [0.25, 0.3) is 0 Å². The molecule has 0 aliphatic heterocycles. The predicted molar refractivity (Wildman–Crippen MR) is 44.2 cm³/mol. The van der Waals surface area contributed by atoms with Crippen LogP contribution in [0, 0.1) is 6.92 Å². The molecule has 0 saturated carbocycles. The van der Waals surface area contributed by atoms with Gasteiger partial charge >= 0.3 is 12.5 Å². The summed E-state index contributed by atoms with van der Waals surface area (Å²) >= 11 is 0. The Labute approximate surface area is 79.5 Å². The van der Waals surface area contributed by atoms with E-state index < -0.39 is 12.5 Å². The first kappa shape index (κ1) is 10.6. The van der Waals surface area contributed by atoms with Gasteiger partial charge in [-0.2, -0.15) is 18.6 Å².